The summed E-state index contributed by atoms with van der Waals surface area (Å²) in [6.45, 7) is 0.380. The fourth-order valence-corrected chi connectivity index (χ4v) is 3.18. The van der Waals surface area contributed by atoms with Crippen LogP contribution in [0.15, 0.2) is 35.5 Å². The van der Waals surface area contributed by atoms with Gasteiger partial charge in [0.05, 0.1) is 24.1 Å². The average molecular weight is 353 g/mol. The van der Waals surface area contributed by atoms with Gasteiger partial charge in [-0.15, -0.1) is 11.6 Å². The minimum absolute atomic E-state index is 0.0135. The van der Waals surface area contributed by atoms with Crippen molar-refractivity contribution in [2.24, 2.45) is 17.4 Å². The van der Waals surface area contributed by atoms with Crippen LogP contribution >= 0.6 is 11.6 Å². The van der Waals surface area contributed by atoms with Crippen molar-refractivity contribution in [1.82, 2.24) is 0 Å². The zero-order chi connectivity index (χ0) is 17.5. The molecule has 6 heteroatoms. The van der Waals surface area contributed by atoms with Crippen molar-refractivity contribution in [3.8, 4) is 5.75 Å². The van der Waals surface area contributed by atoms with E-state index in [0.717, 1.165) is 12.8 Å². The van der Waals surface area contributed by atoms with E-state index in [0.29, 0.717) is 18.1 Å². The summed E-state index contributed by atoms with van der Waals surface area (Å²) in [6.07, 6.45) is 5.76. The molecule has 0 amide bonds. The molecule has 0 aliphatic heterocycles. The highest BCUT2D eigenvalue weighted by atomic mass is 35.5. The Balaban J connectivity index is 2.11. The van der Waals surface area contributed by atoms with Gasteiger partial charge in [-0.2, -0.15) is 0 Å². The minimum atomic E-state index is -0.797. The Hall–Kier alpha value is -1.72. The second-order valence-corrected chi connectivity index (χ2v) is 6.51. The molecule has 24 heavy (non-hydrogen) atoms. The summed E-state index contributed by atoms with van der Waals surface area (Å²) in [6, 6.07) is 5.62. The molecule has 1 fully saturated rings. The molecule has 0 heterocycles. The normalized spacial score (nSPS) is 17.9. The number of benzene rings is 1. The number of hydrogen-bond acceptors (Lipinski definition) is 5. The molecule has 0 radical (unpaired) electrons. The van der Waals surface area contributed by atoms with Crippen molar-refractivity contribution in [3.63, 3.8) is 0 Å². The third-order valence-corrected chi connectivity index (χ3v) is 4.71. The Bertz CT molecular complexity index is 598. The molecule has 5 nitrogen and oxygen atoms in total. The van der Waals surface area contributed by atoms with Gasteiger partial charge >= 0.3 is 5.97 Å². The van der Waals surface area contributed by atoms with Crippen LogP contribution in [0, 0.1) is 5.92 Å². The van der Waals surface area contributed by atoms with Crippen molar-refractivity contribution >= 4 is 17.6 Å². The summed E-state index contributed by atoms with van der Waals surface area (Å²) in [4.78, 5) is 12.5. The predicted octanol–water partition coefficient (Wildman–Crippen LogP) is 2.97. The fraction of sp³-hybridized carbons (Fsp3) is 0.500. The molecule has 1 aliphatic carbocycles. The second kappa shape index (κ2) is 8.94. The van der Waals surface area contributed by atoms with E-state index in [1.807, 2.05) is 0 Å². The number of rotatable bonds is 6. The number of alkyl halides is 1. The lowest BCUT2D eigenvalue weighted by atomic mass is 9.90. The molecule has 0 bridgehead atoms. The summed E-state index contributed by atoms with van der Waals surface area (Å²) >= 11 is 5.81. The summed E-state index contributed by atoms with van der Waals surface area (Å²) in [7, 11) is 0. The predicted molar refractivity (Wildman–Crippen MR) is 94.5 cm³/mol. The highest BCUT2D eigenvalue weighted by Gasteiger charge is 2.25. The number of esters is 1. The lowest BCUT2D eigenvalue weighted by Crippen LogP contribution is -2.27. The SMILES string of the molecule is N/C(CCl)=C(/C(=O)OCC1CCCCC1)C(N)c1cccc(O)c1. The topological polar surface area (TPSA) is 98.6 Å². The Kier molecular flexibility index (Phi) is 6.94. The third kappa shape index (κ3) is 4.89. The molecule has 1 aromatic rings. The van der Waals surface area contributed by atoms with E-state index in [1.165, 1.54) is 31.4 Å². The third-order valence-electron chi connectivity index (χ3n) is 4.43. The maximum atomic E-state index is 12.5. The Morgan fingerprint density at radius 2 is 2.04 bits per heavy atom. The molecule has 1 aliphatic rings. The number of allylic oxidation sites excluding steroid dienone is 1. The zero-order valence-electron chi connectivity index (χ0n) is 13.7. The highest BCUT2D eigenvalue weighted by molar-refractivity contribution is 6.19. The number of ether oxygens (including phenoxy) is 1. The van der Waals surface area contributed by atoms with Crippen molar-refractivity contribution in [1.29, 1.82) is 0 Å². The van der Waals surface area contributed by atoms with Gasteiger partial charge < -0.3 is 21.3 Å². The number of carbonyl (C=O) groups excluding carboxylic acids is 1. The van der Waals surface area contributed by atoms with E-state index in [4.69, 9.17) is 27.8 Å². The van der Waals surface area contributed by atoms with Crippen LogP contribution in [0.2, 0.25) is 0 Å². The zero-order valence-corrected chi connectivity index (χ0v) is 14.5. The number of carbonyl (C=O) groups is 1. The van der Waals surface area contributed by atoms with Crippen molar-refractivity contribution < 1.29 is 14.6 Å². The van der Waals surface area contributed by atoms with E-state index >= 15 is 0 Å². The molecule has 1 unspecified atom stereocenters. The van der Waals surface area contributed by atoms with Gasteiger partial charge in [0.25, 0.3) is 0 Å². The van der Waals surface area contributed by atoms with Gasteiger partial charge in [-0.1, -0.05) is 31.4 Å². The van der Waals surface area contributed by atoms with Gasteiger partial charge in [-0.25, -0.2) is 4.79 Å². The Labute approximate surface area is 147 Å². The number of phenolic OH excluding ortho intramolecular Hbond substituents is 1. The van der Waals surface area contributed by atoms with Crippen molar-refractivity contribution in [2.75, 3.05) is 12.5 Å². The summed E-state index contributed by atoms with van der Waals surface area (Å²) in [5, 5.41) is 9.61. The standard InChI is InChI=1S/C18H25ClN2O3/c19-10-15(20)16(17(21)13-7-4-8-14(22)9-13)18(23)24-11-12-5-2-1-3-6-12/h4,7-9,12,17,22H,1-3,5-6,10-11,20-21H2/b16-15+. The maximum Gasteiger partial charge on any atom is 0.337 e. The largest absolute Gasteiger partial charge is 0.508 e. The first-order chi connectivity index (χ1) is 11.5. The van der Waals surface area contributed by atoms with Crippen LogP contribution in [-0.4, -0.2) is 23.6 Å². The molecule has 5 N–H and O–H groups in total. The van der Waals surface area contributed by atoms with Crippen LogP contribution in [0.25, 0.3) is 0 Å². The van der Waals surface area contributed by atoms with Crippen LogP contribution in [0.3, 0.4) is 0 Å². The van der Waals surface area contributed by atoms with E-state index in [1.54, 1.807) is 12.1 Å². The first kappa shape index (κ1) is 18.6. The molecule has 0 aromatic heterocycles. The minimum Gasteiger partial charge on any atom is -0.508 e. The molecular weight excluding hydrogens is 328 g/mol. The Morgan fingerprint density at radius 1 is 1.33 bits per heavy atom. The first-order valence-electron chi connectivity index (χ1n) is 8.29. The Morgan fingerprint density at radius 3 is 2.67 bits per heavy atom. The second-order valence-electron chi connectivity index (χ2n) is 6.25. The number of aromatic hydroxyl groups is 1. The first-order valence-corrected chi connectivity index (χ1v) is 8.82. The monoisotopic (exact) mass is 352 g/mol. The lowest BCUT2D eigenvalue weighted by molar-refractivity contribution is -0.141. The summed E-state index contributed by atoms with van der Waals surface area (Å²) in [5.74, 6) is -0.0736. The molecule has 2 rings (SSSR count). The number of nitrogens with two attached hydrogens (primary N) is 2. The maximum absolute atomic E-state index is 12.5. The lowest BCUT2D eigenvalue weighted by Gasteiger charge is -2.23. The van der Waals surface area contributed by atoms with Crippen LogP contribution < -0.4 is 11.5 Å². The van der Waals surface area contributed by atoms with Gasteiger partial charge in [0.2, 0.25) is 0 Å². The highest BCUT2D eigenvalue weighted by Crippen LogP contribution is 2.27. The number of halogens is 1. The molecule has 0 spiro atoms. The molecule has 0 saturated heterocycles. The molecular formula is C18H25ClN2O3. The van der Waals surface area contributed by atoms with Gasteiger partial charge in [0.15, 0.2) is 0 Å². The van der Waals surface area contributed by atoms with E-state index in [-0.39, 0.29) is 22.9 Å². The number of phenols is 1. The van der Waals surface area contributed by atoms with Crippen LogP contribution in [0.4, 0.5) is 0 Å². The summed E-state index contributed by atoms with van der Waals surface area (Å²) in [5.41, 5.74) is 13.0. The van der Waals surface area contributed by atoms with Crippen LogP contribution in [-0.2, 0) is 9.53 Å². The van der Waals surface area contributed by atoms with E-state index < -0.39 is 12.0 Å². The van der Waals surface area contributed by atoms with Gasteiger partial charge in [0.1, 0.15) is 5.75 Å². The smallest absolute Gasteiger partial charge is 0.337 e. The van der Waals surface area contributed by atoms with E-state index in [2.05, 4.69) is 0 Å². The molecule has 132 valence electrons. The van der Waals surface area contributed by atoms with Crippen molar-refractivity contribution in [2.45, 2.75) is 38.1 Å². The van der Waals surface area contributed by atoms with Gasteiger partial charge in [-0.3, -0.25) is 0 Å². The summed E-state index contributed by atoms with van der Waals surface area (Å²) < 4.78 is 5.46. The van der Waals surface area contributed by atoms with Crippen LogP contribution in [0.1, 0.15) is 43.7 Å². The van der Waals surface area contributed by atoms with Crippen molar-refractivity contribution in [3.05, 3.63) is 41.1 Å². The fourth-order valence-electron chi connectivity index (χ4n) is 3.04. The van der Waals surface area contributed by atoms with Crippen LogP contribution in [0.5, 0.6) is 5.75 Å². The van der Waals surface area contributed by atoms with Gasteiger partial charge in [0, 0.05) is 5.70 Å². The molecule has 1 aromatic carbocycles. The molecule has 1 atom stereocenters. The van der Waals surface area contributed by atoms with E-state index in [9.17, 15) is 9.90 Å². The average Bonchev–Trinajstić information content (AvgIpc) is 2.60. The quantitative estimate of drug-likeness (QED) is 0.415. The molecule has 1 saturated carbocycles. The number of hydrogen-bond donors (Lipinski definition) is 3. The van der Waals surface area contributed by atoms with Gasteiger partial charge in [-0.05, 0) is 36.5 Å².